The van der Waals surface area contributed by atoms with Crippen LogP contribution < -0.4 is 0 Å². The number of oxime groups is 1. The van der Waals surface area contributed by atoms with Crippen LogP contribution >= 0.6 is 0 Å². The molecule has 0 aliphatic rings. The molecule has 0 atom stereocenters. The molecular weight excluding hydrogens is 144 g/mol. The molecule has 0 aliphatic carbocycles. The highest BCUT2D eigenvalue weighted by Crippen LogP contribution is 2.05. The lowest BCUT2D eigenvalue weighted by Gasteiger charge is -1.84. The van der Waals surface area contributed by atoms with Crippen molar-refractivity contribution in [2.75, 3.05) is 7.11 Å². The van der Waals surface area contributed by atoms with E-state index in [0.717, 1.165) is 5.69 Å². The molecule has 11 heavy (non-hydrogen) atoms. The van der Waals surface area contributed by atoms with Crippen molar-refractivity contribution < 1.29 is 9.25 Å². The van der Waals surface area contributed by atoms with Gasteiger partial charge in [-0.25, -0.2) is 4.98 Å². The van der Waals surface area contributed by atoms with Crippen molar-refractivity contribution in [1.29, 1.82) is 0 Å². The zero-order valence-corrected chi connectivity index (χ0v) is 6.79. The minimum Gasteiger partial charge on any atom is -0.440 e. The molecule has 4 heteroatoms. The second-order valence-corrected chi connectivity index (χ2v) is 2.10. The minimum absolute atomic E-state index is 0.639. The molecule has 0 unspecified atom stereocenters. The van der Waals surface area contributed by atoms with Gasteiger partial charge in [-0.05, 0) is 6.92 Å². The fourth-order valence-electron chi connectivity index (χ4n) is 0.767. The van der Waals surface area contributed by atoms with Gasteiger partial charge in [0.2, 0.25) is 0 Å². The van der Waals surface area contributed by atoms with E-state index < -0.39 is 0 Å². The summed E-state index contributed by atoms with van der Waals surface area (Å²) < 4.78 is 5.18. The fraction of sp³-hybridized carbons (Fsp3) is 0.429. The van der Waals surface area contributed by atoms with Crippen LogP contribution in [0.25, 0.3) is 0 Å². The van der Waals surface area contributed by atoms with Gasteiger partial charge in [-0.2, -0.15) is 0 Å². The Morgan fingerprint density at radius 3 is 2.73 bits per heavy atom. The molecule has 0 spiro atoms. The molecule has 4 nitrogen and oxygen atoms in total. The summed E-state index contributed by atoms with van der Waals surface area (Å²) in [5.41, 5.74) is 0.823. The van der Waals surface area contributed by atoms with Gasteiger partial charge in [-0.3, -0.25) is 0 Å². The third-order valence-corrected chi connectivity index (χ3v) is 1.21. The monoisotopic (exact) mass is 154 g/mol. The van der Waals surface area contributed by atoms with E-state index in [2.05, 4.69) is 15.0 Å². The number of aromatic nitrogens is 1. The van der Waals surface area contributed by atoms with Crippen molar-refractivity contribution in [2.24, 2.45) is 5.16 Å². The Kier molecular flexibility index (Phi) is 2.25. The van der Waals surface area contributed by atoms with Gasteiger partial charge in [0.25, 0.3) is 0 Å². The Bertz CT molecular complexity index is 265. The van der Waals surface area contributed by atoms with E-state index in [0.29, 0.717) is 11.7 Å². The number of oxazole rings is 1. The Morgan fingerprint density at radius 2 is 2.27 bits per heavy atom. The number of nitrogens with zero attached hydrogens (tertiary/aromatic N) is 2. The summed E-state index contributed by atoms with van der Waals surface area (Å²) in [6, 6.07) is 0. The van der Waals surface area contributed by atoms with Crippen molar-refractivity contribution in [3.05, 3.63) is 17.3 Å². The Morgan fingerprint density at radius 1 is 1.55 bits per heavy atom. The van der Waals surface area contributed by atoms with E-state index in [-0.39, 0.29) is 0 Å². The summed E-state index contributed by atoms with van der Waals surface area (Å²) >= 11 is 0. The van der Waals surface area contributed by atoms with E-state index >= 15 is 0 Å². The smallest absolute Gasteiger partial charge is 0.192 e. The van der Waals surface area contributed by atoms with Gasteiger partial charge in [-0.15, -0.1) is 0 Å². The van der Waals surface area contributed by atoms with Crippen molar-refractivity contribution in [3.8, 4) is 0 Å². The maximum Gasteiger partial charge on any atom is 0.192 e. The van der Waals surface area contributed by atoms with Crippen LogP contribution in [0.15, 0.2) is 9.57 Å². The molecular formula is C7H10N2O2. The van der Waals surface area contributed by atoms with Crippen LogP contribution in [0, 0.1) is 13.8 Å². The maximum atomic E-state index is 5.18. The SMILES string of the molecule is CO/N=C/c1oc(C)nc1C. The van der Waals surface area contributed by atoms with E-state index in [1.54, 1.807) is 6.92 Å². The van der Waals surface area contributed by atoms with Crippen LogP contribution in [-0.2, 0) is 4.84 Å². The van der Waals surface area contributed by atoms with Crippen LogP contribution in [0.5, 0.6) is 0 Å². The second kappa shape index (κ2) is 3.18. The summed E-state index contributed by atoms with van der Waals surface area (Å²) in [6.45, 7) is 3.64. The zero-order chi connectivity index (χ0) is 8.27. The predicted molar refractivity (Wildman–Crippen MR) is 40.6 cm³/mol. The normalized spacial score (nSPS) is 10.8. The first kappa shape index (κ1) is 7.78. The molecule has 1 aromatic heterocycles. The van der Waals surface area contributed by atoms with Crippen molar-refractivity contribution in [1.82, 2.24) is 4.98 Å². The predicted octanol–water partition coefficient (Wildman–Crippen LogP) is 1.27. The third-order valence-electron chi connectivity index (χ3n) is 1.21. The molecule has 0 saturated heterocycles. The molecule has 1 heterocycles. The third kappa shape index (κ3) is 1.80. The minimum atomic E-state index is 0.639. The lowest BCUT2D eigenvalue weighted by atomic mass is 10.4. The molecule has 1 rings (SSSR count). The Labute approximate surface area is 64.9 Å². The van der Waals surface area contributed by atoms with Crippen LogP contribution in [-0.4, -0.2) is 18.3 Å². The molecule has 0 aromatic carbocycles. The average Bonchev–Trinajstić information content (AvgIpc) is 2.26. The topological polar surface area (TPSA) is 47.6 Å². The first-order chi connectivity index (χ1) is 5.24. The highest BCUT2D eigenvalue weighted by Gasteiger charge is 2.02. The van der Waals surface area contributed by atoms with Gasteiger partial charge in [0.1, 0.15) is 13.3 Å². The average molecular weight is 154 g/mol. The summed E-state index contributed by atoms with van der Waals surface area (Å²) in [4.78, 5) is 8.54. The van der Waals surface area contributed by atoms with Gasteiger partial charge in [0.05, 0.1) is 5.69 Å². The van der Waals surface area contributed by atoms with Gasteiger partial charge in [0.15, 0.2) is 11.7 Å². The molecule has 60 valence electrons. The Balaban J connectivity index is 2.85. The van der Waals surface area contributed by atoms with Crippen LogP contribution in [0.3, 0.4) is 0 Å². The van der Waals surface area contributed by atoms with Crippen LogP contribution in [0.4, 0.5) is 0 Å². The number of hydrogen-bond donors (Lipinski definition) is 0. The maximum absolute atomic E-state index is 5.18. The fourth-order valence-corrected chi connectivity index (χ4v) is 0.767. The van der Waals surface area contributed by atoms with Crippen molar-refractivity contribution >= 4 is 6.21 Å². The van der Waals surface area contributed by atoms with Crippen LogP contribution in [0.2, 0.25) is 0 Å². The zero-order valence-electron chi connectivity index (χ0n) is 6.79. The summed E-state index contributed by atoms with van der Waals surface area (Å²) in [6.07, 6.45) is 1.50. The molecule has 0 N–H and O–H groups in total. The molecule has 0 radical (unpaired) electrons. The number of aryl methyl sites for hydroxylation is 2. The van der Waals surface area contributed by atoms with Gasteiger partial charge in [0, 0.05) is 6.92 Å². The Hall–Kier alpha value is -1.32. The van der Waals surface area contributed by atoms with Gasteiger partial charge >= 0.3 is 0 Å². The van der Waals surface area contributed by atoms with Crippen molar-refractivity contribution in [2.45, 2.75) is 13.8 Å². The largest absolute Gasteiger partial charge is 0.440 e. The standard InChI is InChI=1S/C7H10N2O2/c1-5-7(4-8-10-3)11-6(2)9-5/h4H,1-3H3/b8-4+. The number of hydrogen-bond acceptors (Lipinski definition) is 4. The highest BCUT2D eigenvalue weighted by molar-refractivity contribution is 5.76. The van der Waals surface area contributed by atoms with Gasteiger partial charge in [-0.1, -0.05) is 5.16 Å². The summed E-state index contributed by atoms with van der Waals surface area (Å²) in [5, 5.41) is 3.56. The molecule has 0 aliphatic heterocycles. The molecule has 0 saturated carbocycles. The van der Waals surface area contributed by atoms with Gasteiger partial charge < -0.3 is 9.25 Å². The second-order valence-electron chi connectivity index (χ2n) is 2.10. The highest BCUT2D eigenvalue weighted by atomic mass is 16.6. The van der Waals surface area contributed by atoms with Crippen molar-refractivity contribution in [3.63, 3.8) is 0 Å². The number of rotatable bonds is 2. The lowest BCUT2D eigenvalue weighted by molar-refractivity contribution is 0.215. The molecule has 0 bridgehead atoms. The lowest BCUT2D eigenvalue weighted by Crippen LogP contribution is -1.81. The first-order valence-electron chi connectivity index (χ1n) is 3.24. The molecule has 0 amide bonds. The van der Waals surface area contributed by atoms with E-state index in [9.17, 15) is 0 Å². The van der Waals surface area contributed by atoms with Crippen LogP contribution in [0.1, 0.15) is 17.3 Å². The first-order valence-corrected chi connectivity index (χ1v) is 3.24. The molecule has 0 fully saturated rings. The summed E-state index contributed by atoms with van der Waals surface area (Å²) in [7, 11) is 1.48. The van der Waals surface area contributed by atoms with E-state index in [4.69, 9.17) is 4.42 Å². The molecule has 1 aromatic rings. The van der Waals surface area contributed by atoms with E-state index in [1.165, 1.54) is 13.3 Å². The van der Waals surface area contributed by atoms with E-state index in [1.807, 2.05) is 6.92 Å². The quantitative estimate of drug-likeness (QED) is 0.476. The summed E-state index contributed by atoms with van der Waals surface area (Å²) in [5.74, 6) is 1.28.